The van der Waals surface area contributed by atoms with Gasteiger partial charge in [-0.15, -0.1) is 0 Å². The molecule has 0 N–H and O–H groups in total. The summed E-state index contributed by atoms with van der Waals surface area (Å²) in [5.41, 5.74) is 0. The lowest BCUT2D eigenvalue weighted by Gasteiger charge is -2.34. The van der Waals surface area contributed by atoms with E-state index >= 15 is 0 Å². The van der Waals surface area contributed by atoms with Crippen LogP contribution in [-0.4, -0.2) is 42.1 Å². The van der Waals surface area contributed by atoms with Crippen LogP contribution < -0.4 is 0 Å². The highest BCUT2D eigenvalue weighted by Crippen LogP contribution is 2.04. The van der Waals surface area contributed by atoms with Gasteiger partial charge in [0.25, 0.3) is 0 Å². The van der Waals surface area contributed by atoms with Crippen molar-refractivity contribution in [2.24, 2.45) is 4.99 Å². The first-order valence-electron chi connectivity index (χ1n) is 4.26. The molecule has 0 saturated heterocycles. The summed E-state index contributed by atoms with van der Waals surface area (Å²) in [6.45, 7) is 10.6. The lowest BCUT2D eigenvalue weighted by atomic mass is 10.4. The molecule has 0 spiro atoms. The number of aliphatic imine (C=N–C) groups is 1. The summed E-state index contributed by atoms with van der Waals surface area (Å²) in [5, 5.41) is 0. The Balaban J connectivity index is 2.24. The van der Waals surface area contributed by atoms with Crippen LogP contribution in [0.25, 0.3) is 0 Å². The van der Waals surface area contributed by atoms with Crippen LogP contribution in [0.4, 0.5) is 0 Å². The monoisotopic (exact) mass is 155 g/mol. The van der Waals surface area contributed by atoms with Crippen molar-refractivity contribution < 1.29 is 0 Å². The molecule has 0 fully saturated rings. The van der Waals surface area contributed by atoms with Crippen LogP contribution in [0.5, 0.6) is 0 Å². The third kappa shape index (κ3) is 1.93. The van der Waals surface area contributed by atoms with Crippen molar-refractivity contribution in [3.05, 3.63) is 0 Å². The van der Waals surface area contributed by atoms with Gasteiger partial charge in [0.15, 0.2) is 0 Å². The van der Waals surface area contributed by atoms with E-state index in [9.17, 15) is 0 Å². The van der Waals surface area contributed by atoms with Crippen LogP contribution in [0.3, 0.4) is 0 Å². The maximum atomic E-state index is 4.19. The SMILES string of the molecule is CCN(CC)CN1CN=C1C. The van der Waals surface area contributed by atoms with Gasteiger partial charge in [-0.05, 0) is 20.0 Å². The Hall–Kier alpha value is -0.570. The Morgan fingerprint density at radius 2 is 2.09 bits per heavy atom. The van der Waals surface area contributed by atoms with E-state index in [-0.39, 0.29) is 0 Å². The molecule has 3 nitrogen and oxygen atoms in total. The van der Waals surface area contributed by atoms with Gasteiger partial charge in [0.05, 0.1) is 6.67 Å². The molecule has 0 unspecified atom stereocenters. The lowest BCUT2D eigenvalue weighted by molar-refractivity contribution is 0.189. The first-order chi connectivity index (χ1) is 5.27. The lowest BCUT2D eigenvalue weighted by Crippen LogP contribution is -2.45. The number of nitrogens with zero attached hydrogens (tertiary/aromatic N) is 3. The molecule has 1 aliphatic heterocycles. The molecule has 0 bridgehead atoms. The summed E-state index contributed by atoms with van der Waals surface area (Å²) in [6, 6.07) is 0. The minimum atomic E-state index is 0.891. The zero-order chi connectivity index (χ0) is 8.27. The van der Waals surface area contributed by atoms with E-state index in [0.29, 0.717) is 0 Å². The van der Waals surface area contributed by atoms with Crippen molar-refractivity contribution in [1.82, 2.24) is 9.80 Å². The van der Waals surface area contributed by atoms with Crippen molar-refractivity contribution in [1.29, 1.82) is 0 Å². The third-order valence-corrected chi connectivity index (χ3v) is 2.19. The fraction of sp³-hybridized carbons (Fsp3) is 0.875. The fourth-order valence-electron chi connectivity index (χ4n) is 1.12. The highest BCUT2D eigenvalue weighted by Gasteiger charge is 2.15. The zero-order valence-corrected chi connectivity index (χ0v) is 7.67. The van der Waals surface area contributed by atoms with Crippen LogP contribution in [0, 0.1) is 0 Å². The van der Waals surface area contributed by atoms with Gasteiger partial charge in [0, 0.05) is 0 Å². The molecule has 0 saturated carbocycles. The maximum Gasteiger partial charge on any atom is 0.114 e. The first-order valence-corrected chi connectivity index (χ1v) is 4.26. The van der Waals surface area contributed by atoms with E-state index in [4.69, 9.17) is 0 Å². The second-order valence-electron chi connectivity index (χ2n) is 2.83. The van der Waals surface area contributed by atoms with Crippen molar-refractivity contribution in [3.8, 4) is 0 Å². The minimum absolute atomic E-state index is 0.891. The van der Waals surface area contributed by atoms with Crippen LogP contribution in [0.1, 0.15) is 20.8 Å². The van der Waals surface area contributed by atoms with E-state index < -0.39 is 0 Å². The van der Waals surface area contributed by atoms with Crippen molar-refractivity contribution in [2.45, 2.75) is 20.8 Å². The Morgan fingerprint density at radius 1 is 1.45 bits per heavy atom. The molecule has 0 radical (unpaired) electrons. The van der Waals surface area contributed by atoms with E-state index in [1.807, 2.05) is 0 Å². The number of amidine groups is 1. The quantitative estimate of drug-likeness (QED) is 0.602. The number of hydrogen-bond donors (Lipinski definition) is 0. The summed E-state index contributed by atoms with van der Waals surface area (Å²) in [7, 11) is 0. The van der Waals surface area contributed by atoms with Gasteiger partial charge in [-0.3, -0.25) is 9.89 Å². The molecule has 1 rings (SSSR count). The Bertz CT molecular complexity index is 149. The van der Waals surface area contributed by atoms with Gasteiger partial charge in [-0.2, -0.15) is 0 Å². The van der Waals surface area contributed by atoms with Crippen LogP contribution in [0.15, 0.2) is 4.99 Å². The molecule has 0 amide bonds. The average molecular weight is 155 g/mol. The van der Waals surface area contributed by atoms with Gasteiger partial charge in [-0.25, -0.2) is 0 Å². The van der Waals surface area contributed by atoms with Gasteiger partial charge < -0.3 is 4.90 Å². The Labute approximate surface area is 68.7 Å². The first kappa shape index (κ1) is 8.53. The highest BCUT2D eigenvalue weighted by atomic mass is 15.4. The smallest absolute Gasteiger partial charge is 0.114 e. The highest BCUT2D eigenvalue weighted by molar-refractivity contribution is 5.83. The molecular formula is C8H17N3. The standard InChI is InChI=1S/C8H17N3/c1-4-10(5-2)7-11-6-9-8(11)3/h4-7H2,1-3H3. The molecule has 11 heavy (non-hydrogen) atoms. The molecule has 0 atom stereocenters. The summed E-state index contributed by atoms with van der Waals surface area (Å²) in [4.78, 5) is 8.86. The summed E-state index contributed by atoms with van der Waals surface area (Å²) in [5.74, 6) is 1.18. The molecule has 1 aliphatic rings. The van der Waals surface area contributed by atoms with Crippen molar-refractivity contribution >= 4 is 5.84 Å². The van der Waals surface area contributed by atoms with Crippen LogP contribution >= 0.6 is 0 Å². The molecule has 0 aliphatic carbocycles. The Morgan fingerprint density at radius 3 is 2.36 bits per heavy atom. The second kappa shape index (κ2) is 3.72. The van der Waals surface area contributed by atoms with E-state index in [1.54, 1.807) is 0 Å². The van der Waals surface area contributed by atoms with Gasteiger partial charge in [0.1, 0.15) is 12.5 Å². The molecular weight excluding hydrogens is 138 g/mol. The molecule has 0 aromatic heterocycles. The predicted octanol–water partition coefficient (Wildman–Crippen LogP) is 0.977. The summed E-state index contributed by atoms with van der Waals surface area (Å²) in [6.07, 6.45) is 0. The second-order valence-corrected chi connectivity index (χ2v) is 2.83. The molecule has 0 aromatic carbocycles. The van der Waals surface area contributed by atoms with E-state index in [0.717, 1.165) is 26.4 Å². The molecule has 3 heteroatoms. The van der Waals surface area contributed by atoms with Gasteiger partial charge >= 0.3 is 0 Å². The topological polar surface area (TPSA) is 18.8 Å². The van der Waals surface area contributed by atoms with Crippen molar-refractivity contribution in [2.75, 3.05) is 26.4 Å². The van der Waals surface area contributed by atoms with Crippen molar-refractivity contribution in [3.63, 3.8) is 0 Å². The normalized spacial score (nSPS) is 16.7. The zero-order valence-electron chi connectivity index (χ0n) is 7.67. The predicted molar refractivity (Wildman–Crippen MR) is 47.6 cm³/mol. The largest absolute Gasteiger partial charge is 0.328 e. The fourth-order valence-corrected chi connectivity index (χ4v) is 1.12. The third-order valence-electron chi connectivity index (χ3n) is 2.19. The van der Waals surface area contributed by atoms with Gasteiger partial charge in [0.2, 0.25) is 0 Å². The Kier molecular flexibility index (Phi) is 2.88. The maximum absolute atomic E-state index is 4.19. The van der Waals surface area contributed by atoms with Crippen LogP contribution in [0.2, 0.25) is 0 Å². The molecule has 1 heterocycles. The summed E-state index contributed by atoms with van der Waals surface area (Å²) < 4.78 is 0. The summed E-state index contributed by atoms with van der Waals surface area (Å²) >= 11 is 0. The van der Waals surface area contributed by atoms with E-state index in [1.165, 1.54) is 5.84 Å². The molecule has 64 valence electrons. The molecule has 0 aromatic rings. The van der Waals surface area contributed by atoms with Gasteiger partial charge in [-0.1, -0.05) is 13.8 Å². The number of rotatable bonds is 4. The minimum Gasteiger partial charge on any atom is -0.328 e. The number of hydrogen-bond acceptors (Lipinski definition) is 3. The van der Waals surface area contributed by atoms with E-state index in [2.05, 4.69) is 35.6 Å². The average Bonchev–Trinajstić information content (AvgIpc) is 2.04. The van der Waals surface area contributed by atoms with Crippen LogP contribution in [-0.2, 0) is 0 Å².